The van der Waals surface area contributed by atoms with E-state index in [0.29, 0.717) is 6.42 Å². The number of aromatic nitrogens is 1. The third-order valence-electron chi connectivity index (χ3n) is 6.13. The minimum absolute atomic E-state index is 0.00998. The average molecular weight is 616 g/mol. The Morgan fingerprint density at radius 2 is 1.62 bits per heavy atom. The summed E-state index contributed by atoms with van der Waals surface area (Å²) in [5.41, 5.74) is 0.0437. The maximum absolute atomic E-state index is 13.0. The number of aliphatic carboxylic acids is 1. The Kier molecular flexibility index (Phi) is 11.4. The van der Waals surface area contributed by atoms with Crippen LogP contribution in [0.2, 0.25) is 10.0 Å². The summed E-state index contributed by atoms with van der Waals surface area (Å²) in [6, 6.07) is 13.7. The van der Waals surface area contributed by atoms with E-state index in [2.05, 4.69) is 10.6 Å². The fraction of sp³-hybridized carbons (Fsp3) is 0.241. The van der Waals surface area contributed by atoms with Gasteiger partial charge in [0, 0.05) is 12.6 Å². The number of hydrogen-bond donors (Lipinski definition) is 3. The van der Waals surface area contributed by atoms with Gasteiger partial charge in [0.05, 0.1) is 22.0 Å². The van der Waals surface area contributed by atoms with Gasteiger partial charge < -0.3 is 25.0 Å². The molecule has 13 heteroatoms. The lowest BCUT2D eigenvalue weighted by atomic mass is 10.1. The topological polar surface area (TPSA) is 161 Å². The number of aryl methyl sites for hydroxylation is 1. The van der Waals surface area contributed by atoms with E-state index in [-0.39, 0.29) is 27.7 Å². The molecule has 0 aliphatic rings. The molecule has 0 fully saturated rings. The largest absolute Gasteiger partial charge is 0.481 e. The predicted molar refractivity (Wildman–Crippen MR) is 155 cm³/mol. The Labute approximate surface area is 250 Å². The van der Waals surface area contributed by atoms with Crippen LogP contribution in [-0.2, 0) is 30.3 Å². The number of anilines is 1. The lowest BCUT2D eigenvalue weighted by Crippen LogP contribution is -2.47. The summed E-state index contributed by atoms with van der Waals surface area (Å²) >= 11 is 11.9. The fourth-order valence-corrected chi connectivity index (χ4v) is 4.42. The zero-order valence-electron chi connectivity index (χ0n) is 22.3. The van der Waals surface area contributed by atoms with Crippen LogP contribution >= 0.6 is 23.2 Å². The Morgan fingerprint density at radius 3 is 2.26 bits per heavy atom. The second-order valence-corrected chi connectivity index (χ2v) is 9.96. The van der Waals surface area contributed by atoms with Crippen LogP contribution in [-0.4, -0.2) is 51.9 Å². The zero-order chi connectivity index (χ0) is 30.8. The van der Waals surface area contributed by atoms with Gasteiger partial charge in [-0.3, -0.25) is 24.0 Å². The molecule has 0 spiro atoms. The third-order valence-corrected chi connectivity index (χ3v) is 6.76. The molecule has 3 rings (SSSR count). The summed E-state index contributed by atoms with van der Waals surface area (Å²) in [7, 11) is 0. The van der Waals surface area contributed by atoms with E-state index in [4.69, 9.17) is 27.9 Å². The molecule has 2 aromatic carbocycles. The highest BCUT2D eigenvalue weighted by molar-refractivity contribution is 6.39. The molecule has 2 atom stereocenters. The van der Waals surface area contributed by atoms with Crippen molar-refractivity contribution < 1.29 is 33.8 Å². The van der Waals surface area contributed by atoms with Gasteiger partial charge in [-0.15, -0.1) is 0 Å². The molecule has 2 unspecified atom stereocenters. The quantitative estimate of drug-likeness (QED) is 0.245. The molecular formula is C29H27Cl2N3O8. The van der Waals surface area contributed by atoms with Gasteiger partial charge in [0.15, 0.2) is 12.4 Å². The Morgan fingerprint density at radius 1 is 0.952 bits per heavy atom. The highest BCUT2D eigenvalue weighted by atomic mass is 35.5. The van der Waals surface area contributed by atoms with Crippen molar-refractivity contribution in [2.24, 2.45) is 0 Å². The van der Waals surface area contributed by atoms with Crippen molar-refractivity contribution in [1.82, 2.24) is 9.88 Å². The van der Waals surface area contributed by atoms with Crippen molar-refractivity contribution in [1.29, 1.82) is 0 Å². The van der Waals surface area contributed by atoms with E-state index in [0.717, 1.165) is 10.1 Å². The summed E-state index contributed by atoms with van der Waals surface area (Å²) in [5.74, 6) is -4.59. The van der Waals surface area contributed by atoms with E-state index >= 15 is 0 Å². The molecule has 0 aliphatic carbocycles. The first-order chi connectivity index (χ1) is 20.0. The first kappa shape index (κ1) is 32.0. The monoisotopic (exact) mass is 615 g/mol. The van der Waals surface area contributed by atoms with Crippen LogP contribution in [0.3, 0.4) is 0 Å². The summed E-state index contributed by atoms with van der Waals surface area (Å²) in [5, 5.41) is 14.1. The smallest absolute Gasteiger partial charge is 0.341 e. The van der Waals surface area contributed by atoms with Gasteiger partial charge in [0.2, 0.25) is 11.8 Å². The highest BCUT2D eigenvalue weighted by Crippen LogP contribution is 2.25. The van der Waals surface area contributed by atoms with Crippen molar-refractivity contribution in [2.75, 3.05) is 11.9 Å². The van der Waals surface area contributed by atoms with Crippen molar-refractivity contribution in [3.63, 3.8) is 0 Å². The number of carboxylic acids is 1. The van der Waals surface area contributed by atoms with E-state index in [9.17, 15) is 33.9 Å². The molecule has 3 aromatic rings. The van der Waals surface area contributed by atoms with Gasteiger partial charge in [0.1, 0.15) is 17.8 Å². The number of Topliss-reactive ketones (excluding diaryl/α,β-unsaturated/α-hetero) is 1. The SMILES string of the molecule is CC(C(=O)NC(CC(=O)O)C(=O)COC(=O)c1c(Cl)cccc1Cl)n1cccc(NC(=O)CCc2ccccc2)c1=O. The van der Waals surface area contributed by atoms with E-state index in [1.54, 1.807) is 0 Å². The Hall–Kier alpha value is -4.48. The summed E-state index contributed by atoms with van der Waals surface area (Å²) in [6.07, 6.45) is 1.09. The molecule has 0 radical (unpaired) electrons. The minimum atomic E-state index is -1.58. The molecule has 2 amide bonds. The van der Waals surface area contributed by atoms with Crippen molar-refractivity contribution in [3.8, 4) is 0 Å². The molecule has 1 heterocycles. The predicted octanol–water partition coefficient (Wildman–Crippen LogP) is 3.67. The van der Waals surface area contributed by atoms with Crippen LogP contribution in [0.4, 0.5) is 5.69 Å². The average Bonchev–Trinajstić information content (AvgIpc) is 2.95. The van der Waals surface area contributed by atoms with Crippen molar-refractivity contribution >= 4 is 58.4 Å². The van der Waals surface area contributed by atoms with Crippen LogP contribution in [0, 0.1) is 0 Å². The third kappa shape index (κ3) is 8.76. The maximum Gasteiger partial charge on any atom is 0.341 e. The summed E-state index contributed by atoms with van der Waals surface area (Å²) in [6.45, 7) is 0.483. The summed E-state index contributed by atoms with van der Waals surface area (Å²) in [4.78, 5) is 75.0. The van der Waals surface area contributed by atoms with Gasteiger partial charge in [-0.2, -0.15) is 0 Å². The van der Waals surface area contributed by atoms with E-state index < -0.39 is 60.2 Å². The second-order valence-electron chi connectivity index (χ2n) is 9.14. The van der Waals surface area contributed by atoms with E-state index in [1.165, 1.54) is 43.5 Å². The number of halogens is 2. The first-order valence-electron chi connectivity index (χ1n) is 12.7. The number of hydrogen-bond acceptors (Lipinski definition) is 7. The number of nitrogens with zero attached hydrogens (tertiary/aromatic N) is 1. The fourth-order valence-electron chi connectivity index (χ4n) is 3.87. The van der Waals surface area contributed by atoms with Crippen LogP contribution in [0.25, 0.3) is 0 Å². The summed E-state index contributed by atoms with van der Waals surface area (Å²) < 4.78 is 6.00. The molecule has 0 aliphatic heterocycles. The van der Waals surface area contributed by atoms with Gasteiger partial charge in [-0.25, -0.2) is 4.79 Å². The van der Waals surface area contributed by atoms with Gasteiger partial charge in [0.25, 0.3) is 5.56 Å². The molecule has 0 bridgehead atoms. The molecule has 42 heavy (non-hydrogen) atoms. The maximum atomic E-state index is 13.0. The van der Waals surface area contributed by atoms with Crippen LogP contribution < -0.4 is 16.2 Å². The van der Waals surface area contributed by atoms with Crippen molar-refractivity contribution in [3.05, 3.63) is 98.4 Å². The lowest BCUT2D eigenvalue weighted by Gasteiger charge is -2.21. The molecule has 220 valence electrons. The number of carbonyl (C=O) groups excluding carboxylic acids is 4. The van der Waals surface area contributed by atoms with Gasteiger partial charge >= 0.3 is 11.9 Å². The standard InChI is InChI=1S/C29H27Cl2N3O8/c1-17(34-14-6-11-21(28(34)40)32-24(36)13-12-18-7-3-2-4-8-18)27(39)33-22(15-25(37)38)23(35)16-42-29(41)26-19(30)9-5-10-20(26)31/h2-11,14,17,22H,12-13,15-16H2,1H3,(H,32,36)(H,33,39)(H,37,38). The number of pyridine rings is 1. The number of amides is 2. The zero-order valence-corrected chi connectivity index (χ0v) is 23.9. The number of ketones is 1. The molecular weight excluding hydrogens is 589 g/mol. The van der Waals surface area contributed by atoms with Gasteiger partial charge in [-0.05, 0) is 43.2 Å². The second kappa shape index (κ2) is 14.9. The van der Waals surface area contributed by atoms with Gasteiger partial charge in [-0.1, -0.05) is 59.6 Å². The highest BCUT2D eigenvalue weighted by Gasteiger charge is 2.28. The Bertz CT molecular complexity index is 1520. The number of nitrogens with one attached hydrogen (secondary N) is 2. The number of rotatable bonds is 13. The first-order valence-corrected chi connectivity index (χ1v) is 13.4. The number of esters is 1. The van der Waals surface area contributed by atoms with Crippen LogP contribution in [0.15, 0.2) is 71.7 Å². The normalized spacial score (nSPS) is 12.1. The molecule has 11 nitrogen and oxygen atoms in total. The number of ether oxygens (including phenoxy) is 1. The van der Waals surface area contributed by atoms with Crippen LogP contribution in [0.1, 0.15) is 41.7 Å². The minimum Gasteiger partial charge on any atom is -0.481 e. The number of carbonyl (C=O) groups is 5. The molecule has 0 saturated carbocycles. The molecule has 0 saturated heterocycles. The van der Waals surface area contributed by atoms with E-state index in [1.807, 2.05) is 30.3 Å². The molecule has 1 aromatic heterocycles. The van der Waals surface area contributed by atoms with Crippen LogP contribution in [0.5, 0.6) is 0 Å². The van der Waals surface area contributed by atoms with Crippen molar-refractivity contribution in [2.45, 2.75) is 38.3 Å². The lowest BCUT2D eigenvalue weighted by molar-refractivity contribution is -0.141. The number of carboxylic acid groups (broad SMARTS) is 1. The molecule has 3 N–H and O–H groups in total. The Balaban J connectivity index is 1.65. The number of benzene rings is 2.